The molecule has 0 fully saturated rings. The summed E-state index contributed by atoms with van der Waals surface area (Å²) >= 11 is 3.90. The summed E-state index contributed by atoms with van der Waals surface area (Å²) in [5, 5.41) is 14.5. The Bertz CT molecular complexity index is 587. The number of nitro benzene ring substituents is 1. The first-order chi connectivity index (χ1) is 8.58. The number of thiol groups is 1. The Kier molecular flexibility index (Phi) is 3.47. The van der Waals surface area contributed by atoms with Crippen molar-refractivity contribution in [3.8, 4) is 5.88 Å². The Balaban J connectivity index is 2.20. The molecule has 0 atom stereocenters. The molecule has 0 saturated heterocycles. The zero-order valence-corrected chi connectivity index (χ0v) is 9.88. The minimum atomic E-state index is -0.686. The van der Waals surface area contributed by atoms with Gasteiger partial charge in [-0.1, -0.05) is 6.07 Å². The molecule has 0 amide bonds. The van der Waals surface area contributed by atoms with Gasteiger partial charge in [0.2, 0.25) is 5.88 Å². The topological polar surface area (TPSA) is 70.2 Å². The maximum Gasteiger partial charge on any atom is 0.278 e. The average Bonchev–Trinajstić information content (AvgIpc) is 2.73. The van der Waals surface area contributed by atoms with E-state index in [0.717, 1.165) is 6.07 Å². The smallest absolute Gasteiger partial charge is 0.278 e. The molecule has 0 radical (unpaired) electrons. The molecule has 6 nitrogen and oxygen atoms in total. The van der Waals surface area contributed by atoms with E-state index < -0.39 is 10.7 Å². The third kappa shape index (κ3) is 2.59. The van der Waals surface area contributed by atoms with Gasteiger partial charge < -0.3 is 4.74 Å². The molecule has 94 valence electrons. The zero-order valence-electron chi connectivity index (χ0n) is 8.99. The van der Waals surface area contributed by atoms with Crippen LogP contribution in [0.1, 0.15) is 5.56 Å². The molecule has 8 heteroatoms. The predicted octanol–water partition coefficient (Wildman–Crippen LogP) is 2.20. The number of ether oxygens (including phenoxy) is 1. The van der Waals surface area contributed by atoms with Crippen LogP contribution in [-0.2, 0) is 6.61 Å². The molecular weight excluding hydrogens is 261 g/mol. The Labute approximate surface area is 107 Å². The number of hydrogen-bond acceptors (Lipinski definition) is 5. The van der Waals surface area contributed by atoms with E-state index in [4.69, 9.17) is 4.74 Å². The lowest BCUT2D eigenvalue weighted by Gasteiger charge is -2.05. The van der Waals surface area contributed by atoms with E-state index in [9.17, 15) is 14.5 Å². The Hall–Kier alpha value is -2.09. The van der Waals surface area contributed by atoms with E-state index in [-0.39, 0.29) is 23.7 Å². The van der Waals surface area contributed by atoms with Crippen LogP contribution in [0.4, 0.5) is 10.1 Å². The van der Waals surface area contributed by atoms with E-state index >= 15 is 0 Å². The number of nitrogens with zero attached hydrogens (tertiary/aromatic N) is 3. The molecule has 18 heavy (non-hydrogen) atoms. The number of benzene rings is 1. The van der Waals surface area contributed by atoms with Gasteiger partial charge in [-0.15, -0.1) is 5.10 Å². The van der Waals surface area contributed by atoms with Crippen LogP contribution in [0.3, 0.4) is 0 Å². The van der Waals surface area contributed by atoms with Crippen molar-refractivity contribution in [3.63, 3.8) is 0 Å². The average molecular weight is 269 g/mol. The minimum Gasteiger partial charge on any atom is -0.471 e. The monoisotopic (exact) mass is 269 g/mol. The third-order valence-corrected chi connectivity index (χ3v) is 2.43. The third-order valence-electron chi connectivity index (χ3n) is 2.21. The lowest BCUT2D eigenvalue weighted by atomic mass is 10.2. The molecule has 2 rings (SSSR count). The maximum absolute atomic E-state index is 13.5. The molecule has 0 unspecified atom stereocenters. The first-order valence-corrected chi connectivity index (χ1v) is 5.27. The van der Waals surface area contributed by atoms with Crippen LogP contribution in [0.25, 0.3) is 0 Å². The number of rotatable bonds is 4. The highest BCUT2D eigenvalue weighted by Gasteiger charge is 2.18. The second-order valence-corrected chi connectivity index (χ2v) is 3.77. The van der Waals surface area contributed by atoms with Crippen molar-refractivity contribution in [1.82, 2.24) is 9.19 Å². The largest absolute Gasteiger partial charge is 0.471 e. The van der Waals surface area contributed by atoms with Crippen molar-refractivity contribution in [2.45, 2.75) is 6.61 Å². The van der Waals surface area contributed by atoms with Gasteiger partial charge in [-0.2, -0.15) is 0 Å². The molecule has 0 aliphatic heterocycles. The highest BCUT2D eigenvalue weighted by atomic mass is 32.1. The van der Waals surface area contributed by atoms with Gasteiger partial charge in [0.25, 0.3) is 5.69 Å². The number of aromatic nitrogens is 2. The Morgan fingerprint density at radius 3 is 2.89 bits per heavy atom. The van der Waals surface area contributed by atoms with Crippen LogP contribution in [0.2, 0.25) is 0 Å². The summed E-state index contributed by atoms with van der Waals surface area (Å²) in [6, 6.07) is 5.15. The summed E-state index contributed by atoms with van der Waals surface area (Å²) < 4.78 is 19.9. The molecule has 0 bridgehead atoms. The second kappa shape index (κ2) is 5.05. The van der Waals surface area contributed by atoms with Gasteiger partial charge >= 0.3 is 0 Å². The van der Waals surface area contributed by atoms with Crippen LogP contribution < -0.4 is 4.74 Å². The quantitative estimate of drug-likeness (QED) is 0.525. The summed E-state index contributed by atoms with van der Waals surface area (Å²) in [6.45, 7) is -0.270. The van der Waals surface area contributed by atoms with E-state index in [0.29, 0.717) is 0 Å². The fourth-order valence-electron chi connectivity index (χ4n) is 1.38. The van der Waals surface area contributed by atoms with Crippen LogP contribution in [0.5, 0.6) is 5.88 Å². The van der Waals surface area contributed by atoms with Gasteiger partial charge in [-0.05, 0) is 18.9 Å². The second-order valence-electron chi connectivity index (χ2n) is 3.36. The van der Waals surface area contributed by atoms with E-state index in [1.165, 1.54) is 28.5 Å². The van der Waals surface area contributed by atoms with Gasteiger partial charge in [-0.25, -0.2) is 8.48 Å². The van der Waals surface area contributed by atoms with E-state index in [1.54, 1.807) is 0 Å². The van der Waals surface area contributed by atoms with Crippen LogP contribution in [-0.4, -0.2) is 14.1 Å². The highest BCUT2D eigenvalue weighted by Crippen LogP contribution is 2.22. The standard InChI is InChI=1S/C10H8FN3O3S/c11-8-2-1-3-9(14(15)16)7(8)6-17-10-4-5-13(18)12-10/h1-5,18H,6H2. The normalized spacial score (nSPS) is 10.3. The van der Waals surface area contributed by atoms with Crippen LogP contribution in [0, 0.1) is 15.9 Å². The molecular formula is C10H8FN3O3S. The zero-order chi connectivity index (χ0) is 13.1. The molecule has 1 heterocycles. The van der Waals surface area contributed by atoms with Crippen LogP contribution in [0.15, 0.2) is 30.5 Å². The molecule has 0 N–H and O–H groups in total. The first-order valence-electron chi connectivity index (χ1n) is 4.87. The molecule has 1 aromatic heterocycles. The summed E-state index contributed by atoms with van der Waals surface area (Å²) in [5.41, 5.74) is -0.434. The highest BCUT2D eigenvalue weighted by molar-refractivity contribution is 7.78. The molecule has 2 aromatic rings. The fraction of sp³-hybridized carbons (Fsp3) is 0.100. The maximum atomic E-state index is 13.5. The number of nitro groups is 1. The Morgan fingerprint density at radius 2 is 2.28 bits per heavy atom. The predicted molar refractivity (Wildman–Crippen MR) is 64.0 cm³/mol. The van der Waals surface area contributed by atoms with Crippen molar-refractivity contribution in [2.75, 3.05) is 0 Å². The first kappa shape index (κ1) is 12.4. The van der Waals surface area contributed by atoms with Crippen molar-refractivity contribution >= 4 is 18.5 Å². The molecule has 0 aliphatic carbocycles. The van der Waals surface area contributed by atoms with Crippen molar-refractivity contribution < 1.29 is 14.1 Å². The number of hydrogen-bond donors (Lipinski definition) is 1. The van der Waals surface area contributed by atoms with Gasteiger partial charge in [0.05, 0.1) is 4.92 Å². The number of halogens is 1. The van der Waals surface area contributed by atoms with Gasteiger partial charge in [0.1, 0.15) is 18.0 Å². The van der Waals surface area contributed by atoms with Gasteiger partial charge in [0, 0.05) is 18.3 Å². The van der Waals surface area contributed by atoms with Crippen molar-refractivity contribution in [2.24, 2.45) is 0 Å². The van der Waals surface area contributed by atoms with Crippen molar-refractivity contribution in [1.29, 1.82) is 0 Å². The fourth-order valence-corrected chi connectivity index (χ4v) is 1.54. The summed E-state index contributed by atoms with van der Waals surface area (Å²) in [6.07, 6.45) is 1.52. The lowest BCUT2D eigenvalue weighted by Crippen LogP contribution is -2.03. The summed E-state index contributed by atoms with van der Waals surface area (Å²) in [4.78, 5) is 10.1. The van der Waals surface area contributed by atoms with Gasteiger partial charge in [0.15, 0.2) is 0 Å². The molecule has 1 aromatic carbocycles. The summed E-state index contributed by atoms with van der Waals surface area (Å²) in [5.74, 6) is -0.475. The lowest BCUT2D eigenvalue weighted by molar-refractivity contribution is -0.386. The summed E-state index contributed by atoms with van der Waals surface area (Å²) in [7, 11) is 0. The van der Waals surface area contributed by atoms with E-state index in [1.807, 2.05) is 0 Å². The SMILES string of the molecule is O=[N+]([O-])c1cccc(F)c1COc1ccn(S)n1. The van der Waals surface area contributed by atoms with Crippen molar-refractivity contribution in [3.05, 3.63) is 52.0 Å². The molecule has 0 aliphatic rings. The Morgan fingerprint density at radius 1 is 1.50 bits per heavy atom. The minimum absolute atomic E-state index is 0.115. The molecule has 0 spiro atoms. The van der Waals surface area contributed by atoms with Crippen LogP contribution >= 0.6 is 12.8 Å². The van der Waals surface area contributed by atoms with Gasteiger partial charge in [-0.3, -0.25) is 10.1 Å². The van der Waals surface area contributed by atoms with E-state index in [2.05, 4.69) is 17.9 Å². The molecule has 0 saturated carbocycles.